The van der Waals surface area contributed by atoms with Crippen LogP contribution in [0.15, 0.2) is 66.9 Å². The van der Waals surface area contributed by atoms with E-state index in [-0.39, 0.29) is 12.3 Å². The monoisotopic (exact) mass is 421 g/mol. The highest BCUT2D eigenvalue weighted by atomic mass is 35.5. The summed E-state index contributed by atoms with van der Waals surface area (Å²) in [5.41, 5.74) is 3.85. The fourth-order valence-electron chi connectivity index (χ4n) is 3.33. The second-order valence-corrected chi connectivity index (χ2v) is 7.07. The summed E-state index contributed by atoms with van der Waals surface area (Å²) in [7, 11) is 3.12. The molecule has 0 aliphatic carbocycles. The van der Waals surface area contributed by atoms with Crippen LogP contribution in [0.5, 0.6) is 11.5 Å². The highest BCUT2D eigenvalue weighted by molar-refractivity contribution is 6.30. The minimum absolute atomic E-state index is 0.150. The van der Waals surface area contributed by atoms with Crippen molar-refractivity contribution < 1.29 is 14.3 Å². The van der Waals surface area contributed by atoms with E-state index >= 15 is 0 Å². The van der Waals surface area contributed by atoms with Crippen molar-refractivity contribution in [2.75, 3.05) is 19.5 Å². The van der Waals surface area contributed by atoms with Crippen LogP contribution < -0.4 is 14.8 Å². The second kappa shape index (κ2) is 8.47. The molecular weight excluding hydrogens is 402 g/mol. The van der Waals surface area contributed by atoms with E-state index in [0.717, 1.165) is 22.6 Å². The van der Waals surface area contributed by atoms with Gasteiger partial charge < -0.3 is 19.2 Å². The molecule has 2 aromatic heterocycles. The maximum atomic E-state index is 12.9. The van der Waals surface area contributed by atoms with E-state index in [0.29, 0.717) is 22.2 Å². The van der Waals surface area contributed by atoms with Gasteiger partial charge in [-0.15, -0.1) is 0 Å². The standard InChI is InChI=1S/C23H20ClN3O3/c1-29-19-11-10-17(13-20(19)30-2)25-22(28)14-18-23(15-6-8-16(24)9-7-15)26-21-5-3-4-12-27(18)21/h3-13H,14H2,1-2H3,(H,25,28). The molecule has 7 heteroatoms. The van der Waals surface area contributed by atoms with Gasteiger partial charge in [0.2, 0.25) is 5.91 Å². The van der Waals surface area contributed by atoms with E-state index in [4.69, 9.17) is 26.1 Å². The van der Waals surface area contributed by atoms with Crippen LogP contribution in [0.25, 0.3) is 16.9 Å². The van der Waals surface area contributed by atoms with Gasteiger partial charge in [-0.1, -0.05) is 29.8 Å². The van der Waals surface area contributed by atoms with Crippen LogP contribution in [0.2, 0.25) is 5.02 Å². The lowest BCUT2D eigenvalue weighted by molar-refractivity contribution is -0.115. The van der Waals surface area contributed by atoms with Crippen molar-refractivity contribution in [3.8, 4) is 22.8 Å². The average molecular weight is 422 g/mol. The van der Waals surface area contributed by atoms with E-state index in [1.807, 2.05) is 53.1 Å². The van der Waals surface area contributed by atoms with Crippen LogP contribution in [0.3, 0.4) is 0 Å². The number of aromatic nitrogens is 2. The summed E-state index contributed by atoms with van der Waals surface area (Å²) in [5, 5.41) is 3.57. The van der Waals surface area contributed by atoms with Crippen molar-refractivity contribution in [1.82, 2.24) is 9.38 Å². The number of halogens is 1. The lowest BCUT2D eigenvalue weighted by Crippen LogP contribution is -2.16. The van der Waals surface area contributed by atoms with Crippen LogP contribution in [0.4, 0.5) is 5.69 Å². The third-order valence-corrected chi connectivity index (χ3v) is 4.99. The third-order valence-electron chi connectivity index (χ3n) is 4.74. The van der Waals surface area contributed by atoms with Crippen LogP contribution in [-0.2, 0) is 11.2 Å². The van der Waals surface area contributed by atoms with Crippen LogP contribution in [0.1, 0.15) is 5.69 Å². The molecule has 4 rings (SSSR count). The van der Waals surface area contributed by atoms with E-state index in [9.17, 15) is 4.79 Å². The number of rotatable bonds is 6. The van der Waals surface area contributed by atoms with E-state index in [2.05, 4.69) is 5.32 Å². The topological polar surface area (TPSA) is 64.9 Å². The van der Waals surface area contributed by atoms with Gasteiger partial charge in [0, 0.05) is 28.5 Å². The lowest BCUT2D eigenvalue weighted by Gasteiger charge is -2.11. The Labute approximate surface area is 179 Å². The second-order valence-electron chi connectivity index (χ2n) is 6.64. The number of hydrogen-bond donors (Lipinski definition) is 1. The van der Waals surface area contributed by atoms with Gasteiger partial charge in [-0.05, 0) is 36.4 Å². The van der Waals surface area contributed by atoms with Crippen LogP contribution >= 0.6 is 11.6 Å². The Morgan fingerprint density at radius 1 is 1.03 bits per heavy atom. The number of amides is 1. The summed E-state index contributed by atoms with van der Waals surface area (Å²) >= 11 is 6.03. The van der Waals surface area contributed by atoms with Crippen molar-refractivity contribution in [1.29, 1.82) is 0 Å². The Kier molecular flexibility index (Phi) is 5.59. The van der Waals surface area contributed by atoms with Gasteiger partial charge in [0.1, 0.15) is 5.65 Å². The van der Waals surface area contributed by atoms with E-state index in [1.165, 1.54) is 0 Å². The number of methoxy groups -OCH3 is 2. The largest absolute Gasteiger partial charge is 0.493 e. The zero-order valence-corrected chi connectivity index (χ0v) is 17.3. The Morgan fingerprint density at radius 2 is 1.80 bits per heavy atom. The van der Waals surface area contributed by atoms with Crippen molar-refractivity contribution in [2.24, 2.45) is 0 Å². The molecule has 0 aliphatic rings. The molecular formula is C23H20ClN3O3. The summed E-state index contributed by atoms with van der Waals surface area (Å²) in [6, 6.07) is 18.4. The quantitative estimate of drug-likeness (QED) is 0.483. The third kappa shape index (κ3) is 3.95. The molecule has 0 fully saturated rings. The minimum atomic E-state index is -0.164. The number of nitrogens with one attached hydrogen (secondary N) is 1. The summed E-state index contributed by atoms with van der Waals surface area (Å²) < 4.78 is 12.5. The smallest absolute Gasteiger partial charge is 0.230 e. The molecule has 0 bridgehead atoms. The van der Waals surface area contributed by atoms with Crippen molar-refractivity contribution in [3.63, 3.8) is 0 Å². The number of nitrogens with zero attached hydrogens (tertiary/aromatic N) is 2. The predicted molar refractivity (Wildman–Crippen MR) is 118 cm³/mol. The molecule has 0 unspecified atom stereocenters. The summed E-state index contributed by atoms with van der Waals surface area (Å²) in [4.78, 5) is 17.6. The first-order valence-corrected chi connectivity index (χ1v) is 9.70. The number of anilines is 1. The van der Waals surface area contributed by atoms with Gasteiger partial charge in [0.05, 0.1) is 32.0 Å². The van der Waals surface area contributed by atoms with Gasteiger partial charge in [0.15, 0.2) is 11.5 Å². The van der Waals surface area contributed by atoms with Crippen molar-refractivity contribution in [3.05, 3.63) is 77.6 Å². The van der Waals surface area contributed by atoms with Gasteiger partial charge in [-0.25, -0.2) is 4.98 Å². The molecule has 0 atom stereocenters. The zero-order valence-electron chi connectivity index (χ0n) is 16.6. The number of carbonyl (C=O) groups is 1. The molecule has 30 heavy (non-hydrogen) atoms. The van der Waals surface area contributed by atoms with Gasteiger partial charge in [0.25, 0.3) is 0 Å². The Hall–Kier alpha value is -3.51. The number of hydrogen-bond acceptors (Lipinski definition) is 4. The molecule has 6 nitrogen and oxygen atoms in total. The molecule has 0 spiro atoms. The van der Waals surface area contributed by atoms with Gasteiger partial charge in [-0.2, -0.15) is 0 Å². The highest BCUT2D eigenvalue weighted by Crippen LogP contribution is 2.30. The number of pyridine rings is 1. The molecule has 0 aliphatic heterocycles. The molecule has 1 N–H and O–H groups in total. The molecule has 2 heterocycles. The average Bonchev–Trinajstić information content (AvgIpc) is 3.12. The van der Waals surface area contributed by atoms with Crippen molar-refractivity contribution in [2.45, 2.75) is 6.42 Å². The predicted octanol–water partition coefficient (Wildman–Crippen LogP) is 4.85. The Balaban J connectivity index is 1.65. The maximum absolute atomic E-state index is 12.9. The normalized spacial score (nSPS) is 10.8. The number of ether oxygens (including phenoxy) is 2. The first-order chi connectivity index (χ1) is 14.6. The first-order valence-electron chi connectivity index (χ1n) is 9.33. The summed E-state index contributed by atoms with van der Waals surface area (Å²) in [6.07, 6.45) is 2.05. The minimum Gasteiger partial charge on any atom is -0.493 e. The molecule has 1 amide bonds. The number of fused-ring (bicyclic) bond motifs is 1. The molecule has 152 valence electrons. The molecule has 0 radical (unpaired) electrons. The molecule has 2 aromatic carbocycles. The van der Waals surface area contributed by atoms with Crippen LogP contribution in [0, 0.1) is 0 Å². The van der Waals surface area contributed by atoms with Gasteiger partial charge in [-0.3, -0.25) is 4.79 Å². The summed E-state index contributed by atoms with van der Waals surface area (Å²) in [5.74, 6) is 0.984. The lowest BCUT2D eigenvalue weighted by atomic mass is 10.1. The first kappa shape index (κ1) is 19.8. The SMILES string of the molecule is COc1ccc(NC(=O)Cc2c(-c3ccc(Cl)cc3)nc3ccccn23)cc1OC. The fourth-order valence-corrected chi connectivity index (χ4v) is 3.45. The molecule has 0 saturated carbocycles. The number of carbonyl (C=O) groups excluding carboxylic acids is 1. The highest BCUT2D eigenvalue weighted by Gasteiger charge is 2.17. The fraction of sp³-hybridized carbons (Fsp3) is 0.130. The van der Waals surface area contributed by atoms with E-state index < -0.39 is 0 Å². The van der Waals surface area contributed by atoms with Gasteiger partial charge >= 0.3 is 0 Å². The Morgan fingerprint density at radius 3 is 2.53 bits per heavy atom. The van der Waals surface area contributed by atoms with Crippen molar-refractivity contribution >= 4 is 28.8 Å². The van der Waals surface area contributed by atoms with Crippen LogP contribution in [-0.4, -0.2) is 29.5 Å². The zero-order chi connectivity index (χ0) is 21.1. The maximum Gasteiger partial charge on any atom is 0.230 e. The number of benzene rings is 2. The number of imidazole rings is 1. The Bertz CT molecular complexity index is 1200. The summed E-state index contributed by atoms with van der Waals surface area (Å²) in [6.45, 7) is 0. The molecule has 0 saturated heterocycles. The molecule has 4 aromatic rings. The van der Waals surface area contributed by atoms with E-state index in [1.54, 1.807) is 32.4 Å².